The monoisotopic (exact) mass is 548 g/mol. The average molecular weight is 549 g/mol. The average Bonchev–Trinajstić information content (AvgIpc) is 2.87. The molecule has 3 aromatic rings. The normalized spacial score (nSPS) is 12.2. The third-order valence-electron chi connectivity index (χ3n) is 7.31. The number of hydrogen-bond acceptors (Lipinski definition) is 0. The van der Waals surface area contributed by atoms with E-state index in [1.807, 2.05) is 24.3 Å². The van der Waals surface area contributed by atoms with Crippen LogP contribution in [0.3, 0.4) is 0 Å². The molecule has 0 aliphatic rings. The molecule has 0 nitrogen and oxygen atoms in total. The molecule has 0 atom stereocenters. The van der Waals surface area contributed by atoms with E-state index in [0.717, 1.165) is 68.1 Å². The van der Waals surface area contributed by atoms with Crippen molar-refractivity contribution in [1.82, 2.24) is 0 Å². The van der Waals surface area contributed by atoms with Crippen LogP contribution in [0.1, 0.15) is 91.3 Å². The van der Waals surface area contributed by atoms with Crippen LogP contribution < -0.4 is 0 Å². The van der Waals surface area contributed by atoms with Crippen LogP contribution in [0, 0.1) is 6.92 Å². The molecule has 0 fully saturated rings. The van der Waals surface area contributed by atoms with Gasteiger partial charge in [0, 0.05) is 0 Å². The Kier molecular flexibility index (Phi) is 10.7. The van der Waals surface area contributed by atoms with Gasteiger partial charge in [-0.1, -0.05) is 94.1 Å². The highest BCUT2D eigenvalue weighted by Crippen LogP contribution is 2.48. The van der Waals surface area contributed by atoms with Crippen molar-refractivity contribution in [3.05, 3.63) is 93.5 Å². The summed E-state index contributed by atoms with van der Waals surface area (Å²) in [6.07, 6.45) is -2.15. The minimum Gasteiger partial charge on any atom is -0.166 e. The van der Waals surface area contributed by atoms with Gasteiger partial charge in [-0.25, -0.2) is 0 Å². The summed E-state index contributed by atoms with van der Waals surface area (Å²) >= 11 is 0. The van der Waals surface area contributed by atoms with E-state index in [4.69, 9.17) is 0 Å². The summed E-state index contributed by atoms with van der Waals surface area (Å²) in [7, 11) is 0. The lowest BCUT2D eigenvalue weighted by Gasteiger charge is -2.24. The predicted molar refractivity (Wildman–Crippen MR) is 147 cm³/mol. The van der Waals surface area contributed by atoms with Crippen molar-refractivity contribution in [2.45, 2.75) is 97.3 Å². The molecule has 39 heavy (non-hydrogen) atoms. The molecule has 0 saturated carbocycles. The van der Waals surface area contributed by atoms with Crippen molar-refractivity contribution in [3.63, 3.8) is 0 Å². The molecule has 0 unspecified atom stereocenters. The van der Waals surface area contributed by atoms with Crippen molar-refractivity contribution in [1.29, 1.82) is 0 Å². The lowest BCUT2D eigenvalue weighted by molar-refractivity contribution is -0.162. The van der Waals surface area contributed by atoms with E-state index in [2.05, 4.69) is 13.8 Å². The van der Waals surface area contributed by atoms with Crippen molar-refractivity contribution in [2.75, 3.05) is 0 Å². The zero-order chi connectivity index (χ0) is 28.6. The molecule has 212 valence electrons. The number of halogens is 6. The lowest BCUT2D eigenvalue weighted by atomic mass is 9.85. The van der Waals surface area contributed by atoms with Crippen LogP contribution in [0.15, 0.2) is 54.6 Å². The summed E-state index contributed by atoms with van der Waals surface area (Å²) in [5.74, 6) is 0. The van der Waals surface area contributed by atoms with E-state index in [-0.39, 0.29) is 29.5 Å². The Labute approximate surface area is 228 Å². The van der Waals surface area contributed by atoms with Crippen LogP contribution >= 0.6 is 0 Å². The fourth-order valence-electron chi connectivity index (χ4n) is 5.17. The Morgan fingerprint density at radius 1 is 0.538 bits per heavy atom. The maximum Gasteiger partial charge on any atom is 0.417 e. The van der Waals surface area contributed by atoms with Crippen LogP contribution in [0.25, 0.3) is 11.1 Å². The molecule has 3 aromatic carbocycles. The fourth-order valence-corrected chi connectivity index (χ4v) is 5.17. The van der Waals surface area contributed by atoms with Gasteiger partial charge in [-0.3, -0.25) is 0 Å². The SMILES string of the molecule is CCCCCc1ccc(CCc2c(C)cc(-c3ccc(CCCCC)cc3)c(C(F)(F)F)c2C(F)(F)F)cc1. The van der Waals surface area contributed by atoms with Gasteiger partial charge in [-0.15, -0.1) is 0 Å². The molecule has 0 amide bonds. The first-order valence-corrected chi connectivity index (χ1v) is 13.9. The molecule has 0 bridgehead atoms. The second kappa shape index (κ2) is 13.5. The number of aryl methyl sites for hydroxylation is 4. The van der Waals surface area contributed by atoms with Gasteiger partial charge >= 0.3 is 12.4 Å². The predicted octanol–water partition coefficient (Wildman–Crippen LogP) is 11.0. The van der Waals surface area contributed by atoms with Crippen molar-refractivity contribution < 1.29 is 26.3 Å². The van der Waals surface area contributed by atoms with Crippen LogP contribution in [0.4, 0.5) is 26.3 Å². The van der Waals surface area contributed by atoms with E-state index in [0.29, 0.717) is 0 Å². The zero-order valence-electron chi connectivity index (χ0n) is 23.0. The number of unbranched alkanes of at least 4 members (excludes halogenated alkanes) is 4. The maximum absolute atomic E-state index is 14.4. The largest absolute Gasteiger partial charge is 0.417 e. The molecule has 0 aliphatic carbocycles. The molecule has 0 aliphatic heterocycles. The van der Waals surface area contributed by atoms with Crippen LogP contribution in [-0.2, 0) is 38.0 Å². The second-order valence-corrected chi connectivity index (χ2v) is 10.4. The first-order valence-electron chi connectivity index (χ1n) is 13.9. The lowest BCUT2D eigenvalue weighted by Crippen LogP contribution is -2.21. The first-order chi connectivity index (χ1) is 18.5. The van der Waals surface area contributed by atoms with Gasteiger partial charge in [0.05, 0.1) is 11.1 Å². The summed E-state index contributed by atoms with van der Waals surface area (Å²) < 4.78 is 86.2. The molecule has 0 spiro atoms. The Bertz CT molecular complexity index is 1190. The molecule has 0 saturated heterocycles. The van der Waals surface area contributed by atoms with Crippen molar-refractivity contribution in [2.24, 2.45) is 0 Å². The molecular formula is C33H38F6. The fraction of sp³-hybridized carbons (Fsp3) is 0.455. The molecule has 0 aromatic heterocycles. The van der Waals surface area contributed by atoms with Crippen LogP contribution in [-0.4, -0.2) is 0 Å². The topological polar surface area (TPSA) is 0 Å². The summed E-state index contributed by atoms with van der Waals surface area (Å²) in [5, 5.41) is 0. The van der Waals surface area contributed by atoms with Gasteiger partial charge in [0.1, 0.15) is 0 Å². The molecule has 0 N–H and O–H groups in total. The van der Waals surface area contributed by atoms with Gasteiger partial charge < -0.3 is 0 Å². The minimum atomic E-state index is -5.16. The van der Waals surface area contributed by atoms with Crippen LogP contribution in [0.5, 0.6) is 0 Å². The molecule has 6 heteroatoms. The highest BCUT2D eigenvalue weighted by molar-refractivity contribution is 5.72. The van der Waals surface area contributed by atoms with Gasteiger partial charge in [0.2, 0.25) is 0 Å². The third kappa shape index (κ3) is 8.36. The summed E-state index contributed by atoms with van der Waals surface area (Å²) in [6, 6.07) is 15.4. The van der Waals surface area contributed by atoms with Crippen molar-refractivity contribution >= 4 is 0 Å². The Hall–Kier alpha value is -2.76. The number of alkyl halides is 6. The standard InChI is InChI=1S/C33H38F6/c1-4-6-8-10-24-12-14-26(15-13-24)18-21-28-23(3)22-29(31(33(37,38)39)30(28)32(34,35)36)27-19-16-25(17-20-27)11-9-7-5-2/h12-17,19-20,22H,4-11,18,21H2,1-3H3. The highest BCUT2D eigenvalue weighted by Gasteiger charge is 2.47. The minimum absolute atomic E-state index is 0.129. The molecule has 0 heterocycles. The molecular weight excluding hydrogens is 510 g/mol. The zero-order valence-corrected chi connectivity index (χ0v) is 23.0. The van der Waals surface area contributed by atoms with Crippen molar-refractivity contribution in [3.8, 4) is 11.1 Å². The van der Waals surface area contributed by atoms with Gasteiger partial charge in [0.25, 0.3) is 0 Å². The molecule has 0 radical (unpaired) electrons. The summed E-state index contributed by atoms with van der Waals surface area (Å²) in [5.41, 5.74) is -0.601. The van der Waals surface area contributed by atoms with E-state index in [1.165, 1.54) is 25.1 Å². The Morgan fingerprint density at radius 2 is 0.974 bits per heavy atom. The second-order valence-electron chi connectivity index (χ2n) is 10.4. The van der Waals surface area contributed by atoms with E-state index < -0.39 is 29.0 Å². The van der Waals surface area contributed by atoms with Gasteiger partial charge in [-0.05, 0) is 84.4 Å². The van der Waals surface area contributed by atoms with Gasteiger partial charge in [-0.2, -0.15) is 26.3 Å². The van der Waals surface area contributed by atoms with Crippen LogP contribution in [0.2, 0.25) is 0 Å². The first kappa shape index (κ1) is 30.8. The summed E-state index contributed by atoms with van der Waals surface area (Å²) in [4.78, 5) is 0. The highest BCUT2D eigenvalue weighted by atomic mass is 19.4. The van der Waals surface area contributed by atoms with Gasteiger partial charge in [0.15, 0.2) is 0 Å². The quantitative estimate of drug-likeness (QED) is 0.156. The number of hydrogen-bond donors (Lipinski definition) is 0. The Balaban J connectivity index is 1.98. The molecule has 3 rings (SSSR count). The third-order valence-corrected chi connectivity index (χ3v) is 7.31. The van der Waals surface area contributed by atoms with E-state index in [1.54, 1.807) is 12.1 Å². The number of benzene rings is 3. The summed E-state index contributed by atoms with van der Waals surface area (Å²) in [6.45, 7) is 5.68. The maximum atomic E-state index is 14.4. The smallest absolute Gasteiger partial charge is 0.166 e. The van der Waals surface area contributed by atoms with E-state index in [9.17, 15) is 26.3 Å². The Morgan fingerprint density at radius 3 is 1.41 bits per heavy atom. The number of rotatable bonds is 12. The van der Waals surface area contributed by atoms with E-state index >= 15 is 0 Å².